The fourth-order valence-electron chi connectivity index (χ4n) is 4.69. The van der Waals surface area contributed by atoms with Crippen molar-refractivity contribution in [2.24, 2.45) is 5.92 Å². The van der Waals surface area contributed by atoms with Gasteiger partial charge in [0.05, 0.1) is 18.8 Å². The third kappa shape index (κ3) is 5.38. The second-order valence-electron chi connectivity index (χ2n) is 10.6. The maximum atomic E-state index is 13.7. The van der Waals surface area contributed by atoms with Gasteiger partial charge in [0.1, 0.15) is 23.0 Å². The number of rotatable bonds is 8. The molecular weight excluding hydrogens is 483 g/mol. The highest BCUT2D eigenvalue weighted by Gasteiger charge is 2.44. The molecule has 1 aromatic carbocycles. The van der Waals surface area contributed by atoms with Crippen molar-refractivity contribution >= 4 is 36.9 Å². The summed E-state index contributed by atoms with van der Waals surface area (Å²) in [5.74, 6) is -0.891. The molecule has 0 bridgehead atoms. The topological polar surface area (TPSA) is 95.0 Å². The van der Waals surface area contributed by atoms with Gasteiger partial charge in [-0.05, 0) is 56.7 Å². The van der Waals surface area contributed by atoms with Gasteiger partial charge < -0.3 is 14.2 Å². The molecule has 0 unspecified atom stereocenters. The molecular formula is C26H33FN2O6Si. The molecule has 2 amide bonds. The summed E-state index contributed by atoms with van der Waals surface area (Å²) >= 11 is 0. The lowest BCUT2D eigenvalue weighted by Gasteiger charge is -2.27. The minimum Gasteiger partial charge on any atom is -0.492 e. The van der Waals surface area contributed by atoms with Gasteiger partial charge >= 0.3 is 6.16 Å². The summed E-state index contributed by atoms with van der Waals surface area (Å²) in [4.78, 5) is 45.2. The first-order chi connectivity index (χ1) is 17.1. The molecule has 0 radical (unpaired) electrons. The molecule has 1 aliphatic heterocycles. The van der Waals surface area contributed by atoms with Crippen LogP contribution in [0.1, 0.15) is 53.3 Å². The van der Waals surface area contributed by atoms with Crippen LogP contribution in [0.15, 0.2) is 18.3 Å². The van der Waals surface area contributed by atoms with Crippen LogP contribution in [0.5, 0.6) is 11.5 Å². The number of ether oxygens (including phenoxy) is 3. The standard InChI is InChI=1S/C26H33FN2O6Si/c1-5-33-26(32)35-23-20-19(24(30)29(25(20)31)15-16-8-10-17(27)11-9-16)22(34-13-14-36(2,3)4)18-7-6-12-28-21(18)23/h6-7,12,16-17H,5,8-11,13-15H2,1-4H3. The summed E-state index contributed by atoms with van der Waals surface area (Å²) in [7, 11) is -1.44. The molecule has 2 heterocycles. The summed E-state index contributed by atoms with van der Waals surface area (Å²) in [5, 5.41) is 0.479. The number of carbonyl (C=O) groups excluding carboxylic acids is 3. The number of hydrogen-bond donors (Lipinski definition) is 0. The minimum atomic E-state index is -1.44. The van der Waals surface area contributed by atoms with E-state index in [1.807, 2.05) is 0 Å². The van der Waals surface area contributed by atoms with Crippen LogP contribution >= 0.6 is 0 Å². The molecule has 4 rings (SSSR count). The van der Waals surface area contributed by atoms with Gasteiger partial charge in [-0.25, -0.2) is 9.18 Å². The largest absolute Gasteiger partial charge is 0.513 e. The number of halogens is 1. The molecule has 0 N–H and O–H groups in total. The smallest absolute Gasteiger partial charge is 0.492 e. The quantitative estimate of drug-likeness (QED) is 0.195. The highest BCUT2D eigenvalue weighted by Crippen LogP contribution is 2.45. The summed E-state index contributed by atoms with van der Waals surface area (Å²) < 4.78 is 30.3. The first-order valence-electron chi connectivity index (χ1n) is 12.5. The van der Waals surface area contributed by atoms with Crippen LogP contribution in [0.3, 0.4) is 0 Å². The van der Waals surface area contributed by atoms with Gasteiger partial charge in [0, 0.05) is 26.2 Å². The first-order valence-corrected chi connectivity index (χ1v) is 16.2. The van der Waals surface area contributed by atoms with E-state index in [-0.39, 0.29) is 47.2 Å². The maximum Gasteiger partial charge on any atom is 0.513 e. The van der Waals surface area contributed by atoms with Gasteiger partial charge in [0.2, 0.25) is 0 Å². The third-order valence-corrected chi connectivity index (χ3v) is 8.36. The average molecular weight is 517 g/mol. The van der Waals surface area contributed by atoms with E-state index in [0.29, 0.717) is 37.7 Å². The molecule has 1 saturated carbocycles. The molecule has 1 aliphatic carbocycles. The predicted molar refractivity (Wildman–Crippen MR) is 135 cm³/mol. The summed E-state index contributed by atoms with van der Waals surface area (Å²) in [5.41, 5.74) is 0.282. The molecule has 0 saturated heterocycles. The molecule has 194 valence electrons. The number of fused-ring (bicyclic) bond motifs is 2. The normalized spacial score (nSPS) is 20.0. The number of amides is 2. The van der Waals surface area contributed by atoms with Gasteiger partial charge in [0.25, 0.3) is 11.8 Å². The van der Waals surface area contributed by atoms with Crippen molar-refractivity contribution in [1.29, 1.82) is 0 Å². The molecule has 0 atom stereocenters. The monoisotopic (exact) mass is 516 g/mol. The van der Waals surface area contributed by atoms with Crippen molar-refractivity contribution in [3.63, 3.8) is 0 Å². The Hall–Kier alpha value is -3.01. The number of benzene rings is 1. The lowest BCUT2D eigenvalue weighted by atomic mass is 9.88. The van der Waals surface area contributed by atoms with E-state index in [2.05, 4.69) is 24.6 Å². The molecule has 10 heteroatoms. The van der Waals surface area contributed by atoms with Crippen LogP contribution in [0.25, 0.3) is 10.9 Å². The number of aromatic nitrogens is 1. The molecule has 2 aliphatic rings. The van der Waals surface area contributed by atoms with Crippen molar-refractivity contribution in [3.8, 4) is 11.5 Å². The molecule has 8 nitrogen and oxygen atoms in total. The van der Waals surface area contributed by atoms with E-state index < -0.39 is 32.2 Å². The van der Waals surface area contributed by atoms with Gasteiger partial charge in [0.15, 0.2) is 5.75 Å². The Labute approximate surface area is 211 Å². The predicted octanol–water partition coefficient (Wildman–Crippen LogP) is 5.61. The molecule has 1 aromatic heterocycles. The fourth-order valence-corrected chi connectivity index (χ4v) is 5.40. The van der Waals surface area contributed by atoms with Gasteiger partial charge in [-0.1, -0.05) is 19.6 Å². The number of hydrogen-bond acceptors (Lipinski definition) is 7. The lowest BCUT2D eigenvalue weighted by molar-refractivity contribution is 0.0604. The zero-order valence-electron chi connectivity index (χ0n) is 21.3. The van der Waals surface area contributed by atoms with Gasteiger partial charge in [-0.15, -0.1) is 0 Å². The van der Waals surface area contributed by atoms with Crippen molar-refractivity contribution < 1.29 is 33.0 Å². The number of pyridine rings is 1. The highest BCUT2D eigenvalue weighted by atomic mass is 28.3. The average Bonchev–Trinajstić information content (AvgIpc) is 3.06. The maximum absolute atomic E-state index is 13.7. The van der Waals surface area contributed by atoms with Crippen LogP contribution in [-0.2, 0) is 4.74 Å². The van der Waals surface area contributed by atoms with Crippen LogP contribution in [0, 0.1) is 5.92 Å². The second kappa shape index (κ2) is 10.5. The van der Waals surface area contributed by atoms with Gasteiger partial charge in [-0.3, -0.25) is 19.5 Å². The highest BCUT2D eigenvalue weighted by molar-refractivity contribution is 6.76. The Balaban J connectivity index is 1.80. The molecule has 1 fully saturated rings. The van der Waals surface area contributed by atoms with E-state index >= 15 is 0 Å². The number of carbonyl (C=O) groups is 3. The van der Waals surface area contributed by atoms with E-state index in [0.717, 1.165) is 6.04 Å². The molecule has 2 aromatic rings. The van der Waals surface area contributed by atoms with Crippen LogP contribution in [0.2, 0.25) is 25.7 Å². The summed E-state index contributed by atoms with van der Waals surface area (Å²) in [6.07, 6.45) is 1.74. The number of nitrogens with zero attached hydrogens (tertiary/aromatic N) is 2. The van der Waals surface area contributed by atoms with Crippen LogP contribution < -0.4 is 9.47 Å². The summed E-state index contributed by atoms with van der Waals surface area (Å²) in [6.45, 7) is 8.95. The fraction of sp³-hybridized carbons (Fsp3) is 0.538. The minimum absolute atomic E-state index is 0.0115. The van der Waals surface area contributed by atoms with Crippen LogP contribution in [0.4, 0.5) is 9.18 Å². The van der Waals surface area contributed by atoms with Gasteiger partial charge in [-0.2, -0.15) is 0 Å². The Bertz CT molecular complexity index is 1170. The van der Waals surface area contributed by atoms with Crippen LogP contribution in [-0.4, -0.2) is 61.9 Å². The van der Waals surface area contributed by atoms with E-state index in [4.69, 9.17) is 14.2 Å². The summed E-state index contributed by atoms with van der Waals surface area (Å²) in [6, 6.07) is 4.28. The second-order valence-corrected chi connectivity index (χ2v) is 16.2. The Morgan fingerprint density at radius 3 is 2.42 bits per heavy atom. The Morgan fingerprint density at radius 2 is 1.78 bits per heavy atom. The van der Waals surface area contributed by atoms with E-state index in [1.165, 1.54) is 11.1 Å². The van der Waals surface area contributed by atoms with E-state index in [9.17, 15) is 18.8 Å². The number of imide groups is 1. The molecule has 36 heavy (non-hydrogen) atoms. The first kappa shape index (κ1) is 26.1. The number of alkyl halides is 1. The van der Waals surface area contributed by atoms with Crippen molar-refractivity contribution in [1.82, 2.24) is 9.88 Å². The van der Waals surface area contributed by atoms with Crippen molar-refractivity contribution in [2.75, 3.05) is 19.8 Å². The Kier molecular flexibility index (Phi) is 7.63. The zero-order valence-corrected chi connectivity index (χ0v) is 22.3. The Morgan fingerprint density at radius 1 is 1.11 bits per heavy atom. The SMILES string of the molecule is CCOC(=O)Oc1c2c(c(OCC[Si](C)(C)C)c3cccnc13)C(=O)N(CC1CCC(F)CC1)C2=O. The van der Waals surface area contributed by atoms with E-state index in [1.54, 1.807) is 19.1 Å². The molecule has 0 spiro atoms. The van der Waals surface area contributed by atoms with Crippen molar-refractivity contribution in [3.05, 3.63) is 29.5 Å². The van der Waals surface area contributed by atoms with Crippen molar-refractivity contribution in [2.45, 2.75) is 64.5 Å². The lowest BCUT2D eigenvalue weighted by Crippen LogP contribution is -2.36. The zero-order chi connectivity index (χ0) is 26.0. The third-order valence-electron chi connectivity index (χ3n) is 6.65.